The van der Waals surface area contributed by atoms with Gasteiger partial charge < -0.3 is 24.5 Å². The topological polar surface area (TPSA) is 110 Å². The van der Waals surface area contributed by atoms with E-state index in [1.807, 2.05) is 50.2 Å². The van der Waals surface area contributed by atoms with E-state index < -0.39 is 5.97 Å². The number of nitrogens with one attached hydrogen (secondary N) is 1. The van der Waals surface area contributed by atoms with Crippen molar-refractivity contribution in [2.45, 2.75) is 32.7 Å². The first kappa shape index (κ1) is 30.5. The number of hydrogen-bond donors (Lipinski definition) is 2. The number of unbranched alkanes of at least 4 members (excludes halogenated alkanes) is 2. The Bertz CT molecular complexity index is 944. The summed E-state index contributed by atoms with van der Waals surface area (Å²) >= 11 is 0. The smallest absolute Gasteiger partial charge is 0.335 e. The average molecular weight is 499 g/mol. The van der Waals surface area contributed by atoms with Crippen molar-refractivity contribution in [3.05, 3.63) is 59.2 Å². The number of carboxylic acid groups (broad SMARTS) is 1. The van der Waals surface area contributed by atoms with E-state index in [-0.39, 0.29) is 0 Å². The molecule has 1 heterocycles. The number of benzene rings is 2. The predicted octanol–water partition coefficient (Wildman–Crippen LogP) is 3.28. The molecule has 0 amide bonds. The number of carboxylic acids is 1. The summed E-state index contributed by atoms with van der Waals surface area (Å²) in [4.78, 5) is 44.5. The molecule has 0 atom stereocenters. The van der Waals surface area contributed by atoms with Gasteiger partial charge in [-0.1, -0.05) is 13.3 Å². The van der Waals surface area contributed by atoms with Gasteiger partial charge >= 0.3 is 5.97 Å². The number of hydrogen-bond acceptors (Lipinski definition) is 8. The minimum absolute atomic E-state index is 0.303. The van der Waals surface area contributed by atoms with Crippen LogP contribution in [0.3, 0.4) is 0 Å². The van der Waals surface area contributed by atoms with E-state index in [9.17, 15) is 14.4 Å². The molecule has 0 bridgehead atoms. The first-order chi connectivity index (χ1) is 17.4. The van der Waals surface area contributed by atoms with Crippen LogP contribution in [-0.2, 0) is 16.1 Å². The van der Waals surface area contributed by atoms with Gasteiger partial charge in [0.2, 0.25) is 0 Å². The second-order valence-electron chi connectivity index (χ2n) is 8.22. The first-order valence-electron chi connectivity index (χ1n) is 12.0. The molecular formula is C27H38N4O5. The van der Waals surface area contributed by atoms with E-state index >= 15 is 0 Å². The van der Waals surface area contributed by atoms with Crippen LogP contribution in [-0.4, -0.2) is 75.7 Å². The number of aldehydes is 2. The van der Waals surface area contributed by atoms with Gasteiger partial charge in [0.1, 0.15) is 19.4 Å². The van der Waals surface area contributed by atoms with Crippen molar-refractivity contribution in [3.63, 3.8) is 0 Å². The number of hydrazine groups is 1. The van der Waals surface area contributed by atoms with Crippen LogP contribution in [0, 0.1) is 0 Å². The largest absolute Gasteiger partial charge is 0.478 e. The summed E-state index contributed by atoms with van der Waals surface area (Å²) < 4.78 is 0. The molecule has 0 radical (unpaired) electrons. The molecule has 1 fully saturated rings. The maximum Gasteiger partial charge on any atom is 0.335 e. The molecule has 0 spiro atoms. The van der Waals surface area contributed by atoms with Crippen molar-refractivity contribution in [1.82, 2.24) is 10.4 Å². The van der Waals surface area contributed by atoms with E-state index in [4.69, 9.17) is 9.90 Å². The van der Waals surface area contributed by atoms with Crippen LogP contribution in [0.2, 0.25) is 0 Å². The lowest BCUT2D eigenvalue weighted by molar-refractivity contribution is -0.108. The second kappa shape index (κ2) is 17.0. The third kappa shape index (κ3) is 9.59. The molecule has 36 heavy (non-hydrogen) atoms. The van der Waals surface area contributed by atoms with E-state index in [1.165, 1.54) is 0 Å². The summed E-state index contributed by atoms with van der Waals surface area (Å²) in [5.74, 6) is -0.908. The van der Waals surface area contributed by atoms with Crippen molar-refractivity contribution in [2.24, 2.45) is 0 Å². The second-order valence-corrected chi connectivity index (χ2v) is 8.22. The van der Waals surface area contributed by atoms with E-state index in [1.54, 1.807) is 12.1 Å². The average Bonchev–Trinajstić information content (AvgIpc) is 2.93. The minimum atomic E-state index is -0.908. The van der Waals surface area contributed by atoms with Gasteiger partial charge in [0.25, 0.3) is 0 Å². The number of carbonyl (C=O) groups is 4. The maximum absolute atomic E-state index is 11.4. The van der Waals surface area contributed by atoms with Crippen LogP contribution < -0.4 is 15.2 Å². The van der Waals surface area contributed by atoms with Gasteiger partial charge in [0.05, 0.1) is 5.56 Å². The molecule has 2 aromatic rings. The highest BCUT2D eigenvalue weighted by atomic mass is 16.4. The molecule has 2 N–H and O–H groups in total. The van der Waals surface area contributed by atoms with Gasteiger partial charge in [-0.05, 0) is 61.5 Å². The van der Waals surface area contributed by atoms with E-state index in [2.05, 4.69) is 28.2 Å². The fraction of sp³-hybridized carbons (Fsp3) is 0.407. The van der Waals surface area contributed by atoms with E-state index in [0.29, 0.717) is 17.7 Å². The zero-order chi connectivity index (χ0) is 26.9. The molecule has 9 nitrogen and oxygen atoms in total. The third-order valence-electron chi connectivity index (χ3n) is 5.84. The fourth-order valence-electron chi connectivity index (χ4n) is 3.70. The normalized spacial score (nSPS) is 12.7. The summed E-state index contributed by atoms with van der Waals surface area (Å²) in [6.45, 7) is 8.16. The monoisotopic (exact) mass is 498 g/mol. The third-order valence-corrected chi connectivity index (χ3v) is 5.84. The molecule has 196 valence electrons. The van der Waals surface area contributed by atoms with Crippen LogP contribution in [0.25, 0.3) is 0 Å². The molecule has 0 aliphatic carbocycles. The Kier molecular flexibility index (Phi) is 14.4. The summed E-state index contributed by atoms with van der Waals surface area (Å²) in [7, 11) is 3.79. The molecule has 1 saturated heterocycles. The van der Waals surface area contributed by atoms with Crippen molar-refractivity contribution in [3.8, 4) is 0 Å². The number of piperazine rings is 1. The molecule has 0 saturated carbocycles. The highest BCUT2D eigenvalue weighted by Gasteiger charge is 2.19. The van der Waals surface area contributed by atoms with Gasteiger partial charge in [0, 0.05) is 63.1 Å². The van der Waals surface area contributed by atoms with Crippen molar-refractivity contribution in [1.29, 1.82) is 0 Å². The number of carbonyl (C=O) groups excluding carboxylic acids is 3. The Morgan fingerprint density at radius 1 is 1.03 bits per heavy atom. The zero-order valence-electron chi connectivity index (χ0n) is 21.5. The Balaban J connectivity index is 0.000000710. The van der Waals surface area contributed by atoms with Crippen molar-refractivity contribution >= 4 is 36.7 Å². The van der Waals surface area contributed by atoms with Gasteiger partial charge in [-0.15, -0.1) is 0 Å². The van der Waals surface area contributed by atoms with Crippen molar-refractivity contribution in [2.75, 3.05) is 50.1 Å². The lowest BCUT2D eigenvalue weighted by atomic mass is 10.1. The van der Waals surface area contributed by atoms with E-state index in [0.717, 1.165) is 75.0 Å². The molecule has 3 rings (SSSR count). The zero-order valence-corrected chi connectivity index (χ0v) is 21.5. The van der Waals surface area contributed by atoms with Crippen LogP contribution >= 0.6 is 0 Å². The summed E-state index contributed by atoms with van der Waals surface area (Å²) in [6.07, 6.45) is 4.77. The minimum Gasteiger partial charge on any atom is -0.478 e. The van der Waals surface area contributed by atoms with Gasteiger partial charge in [0.15, 0.2) is 0 Å². The van der Waals surface area contributed by atoms with Crippen molar-refractivity contribution < 1.29 is 24.3 Å². The lowest BCUT2D eigenvalue weighted by Crippen LogP contribution is -2.46. The van der Waals surface area contributed by atoms with Crippen LogP contribution in [0.4, 0.5) is 11.4 Å². The summed E-state index contributed by atoms with van der Waals surface area (Å²) in [6, 6.07) is 13.0. The predicted molar refractivity (Wildman–Crippen MR) is 143 cm³/mol. The summed E-state index contributed by atoms with van der Waals surface area (Å²) in [5.41, 5.74) is 7.22. The Morgan fingerprint density at radius 2 is 1.58 bits per heavy atom. The van der Waals surface area contributed by atoms with Gasteiger partial charge in [-0.3, -0.25) is 10.2 Å². The first-order valence-corrected chi connectivity index (χ1v) is 12.0. The molecule has 0 unspecified atom stereocenters. The standard InChI is InChI=1S/C21H26N4O3.C5H10O.CH2O/c1-22-23(2)14-18-13-20(8-5-17(18)15-26)25-11-9-24(10-12-25)19-6-3-16(4-7-19)21(27)28;1-2-3-4-5-6;1-2/h3-8,13,15,22H,9-12,14H2,1-2H3,(H,27,28);5H,2-4H2,1H3;1H2. The number of nitrogens with zero attached hydrogens (tertiary/aromatic N) is 3. The summed E-state index contributed by atoms with van der Waals surface area (Å²) in [5, 5.41) is 11.0. The van der Waals surface area contributed by atoms with Gasteiger partial charge in [-0.2, -0.15) is 0 Å². The molecular weight excluding hydrogens is 460 g/mol. The number of rotatable bonds is 10. The molecule has 2 aromatic carbocycles. The molecule has 0 aromatic heterocycles. The highest BCUT2D eigenvalue weighted by Crippen LogP contribution is 2.23. The number of anilines is 2. The van der Waals surface area contributed by atoms with Crippen LogP contribution in [0.15, 0.2) is 42.5 Å². The SMILES string of the molecule is C=O.CCCCC=O.CNN(C)Cc1cc(N2CCN(c3ccc(C(=O)O)cc3)CC2)ccc1C=O. The number of aromatic carboxylic acids is 1. The molecule has 9 heteroatoms. The highest BCUT2D eigenvalue weighted by molar-refractivity contribution is 5.88. The lowest BCUT2D eigenvalue weighted by Gasteiger charge is -2.37. The quantitative estimate of drug-likeness (QED) is 0.290. The van der Waals surface area contributed by atoms with Gasteiger partial charge in [-0.25, -0.2) is 9.80 Å². The molecule has 1 aliphatic rings. The fourth-order valence-corrected chi connectivity index (χ4v) is 3.70. The van der Waals surface area contributed by atoms with Crippen LogP contribution in [0.5, 0.6) is 0 Å². The Labute approximate surface area is 213 Å². The van der Waals surface area contributed by atoms with Crippen LogP contribution in [0.1, 0.15) is 52.5 Å². The Hall–Kier alpha value is -3.56. The Morgan fingerprint density at radius 3 is 2.03 bits per heavy atom. The maximum atomic E-state index is 11.4. The molecule has 1 aliphatic heterocycles.